The van der Waals surface area contributed by atoms with Crippen molar-refractivity contribution in [1.82, 2.24) is 9.29 Å². The maximum atomic E-state index is 13.0. The number of aryl methyl sites for hydroxylation is 1. The zero-order valence-corrected chi connectivity index (χ0v) is 19.9. The van der Waals surface area contributed by atoms with E-state index in [0.717, 1.165) is 22.2 Å². The fourth-order valence-corrected chi connectivity index (χ4v) is 6.81. The predicted molar refractivity (Wildman–Crippen MR) is 125 cm³/mol. The van der Waals surface area contributed by atoms with Gasteiger partial charge in [0.2, 0.25) is 10.0 Å². The molecular weight excluding hydrogens is 454 g/mol. The molecule has 31 heavy (non-hydrogen) atoms. The Morgan fingerprint density at radius 2 is 1.77 bits per heavy atom. The number of fused-ring (bicyclic) bond motifs is 1. The molecule has 0 saturated carbocycles. The molecule has 0 bridgehead atoms. The molecule has 1 fully saturated rings. The number of hydrogen-bond donors (Lipinski definition) is 1. The van der Waals surface area contributed by atoms with Gasteiger partial charge in [-0.25, -0.2) is 13.4 Å². The highest BCUT2D eigenvalue weighted by Crippen LogP contribution is 2.32. The molecule has 1 amide bonds. The van der Waals surface area contributed by atoms with Crippen LogP contribution in [0.5, 0.6) is 0 Å². The van der Waals surface area contributed by atoms with E-state index in [9.17, 15) is 13.2 Å². The summed E-state index contributed by atoms with van der Waals surface area (Å²) in [6.45, 7) is 7.08. The Balaban J connectivity index is 1.51. The molecule has 2 atom stereocenters. The van der Waals surface area contributed by atoms with E-state index in [-0.39, 0.29) is 10.8 Å². The Hall–Kier alpha value is -2.00. The van der Waals surface area contributed by atoms with Crippen LogP contribution in [0.1, 0.15) is 36.2 Å². The lowest BCUT2D eigenvalue weighted by molar-refractivity contribution is 0.102. The number of hydrogen-bond acceptors (Lipinski definition) is 5. The number of rotatable bonds is 4. The van der Waals surface area contributed by atoms with Crippen LogP contribution in [0.2, 0.25) is 5.02 Å². The molecule has 1 aliphatic rings. The topological polar surface area (TPSA) is 79.4 Å². The normalized spacial score (nSPS) is 20.1. The molecule has 1 aromatic heterocycles. The van der Waals surface area contributed by atoms with E-state index in [4.69, 9.17) is 11.6 Å². The number of benzene rings is 2. The highest BCUT2D eigenvalue weighted by atomic mass is 35.5. The van der Waals surface area contributed by atoms with Crippen LogP contribution >= 0.6 is 22.9 Å². The van der Waals surface area contributed by atoms with E-state index >= 15 is 0 Å². The first kappa shape index (κ1) is 22.2. The summed E-state index contributed by atoms with van der Waals surface area (Å²) in [5.41, 5.74) is 2.00. The van der Waals surface area contributed by atoms with E-state index in [1.807, 2.05) is 19.1 Å². The minimum Gasteiger partial charge on any atom is -0.298 e. The van der Waals surface area contributed by atoms with Crippen molar-refractivity contribution in [2.24, 2.45) is 11.8 Å². The van der Waals surface area contributed by atoms with Gasteiger partial charge in [-0.1, -0.05) is 36.8 Å². The summed E-state index contributed by atoms with van der Waals surface area (Å²) in [6.07, 6.45) is 1.03. The van der Waals surface area contributed by atoms with Gasteiger partial charge >= 0.3 is 0 Å². The SMILES string of the molecule is Cc1c(Cl)ccc2sc(NC(=O)c3ccc(S(=O)(=O)N4CC(C)CC(C)C4)cc3)nc12. The first-order valence-electron chi connectivity index (χ1n) is 10.1. The van der Waals surface area contributed by atoms with E-state index in [1.54, 1.807) is 4.31 Å². The lowest BCUT2D eigenvalue weighted by Crippen LogP contribution is -2.42. The van der Waals surface area contributed by atoms with Crippen molar-refractivity contribution >= 4 is 54.2 Å². The van der Waals surface area contributed by atoms with E-state index in [0.29, 0.717) is 40.6 Å². The van der Waals surface area contributed by atoms with Gasteiger partial charge in [-0.3, -0.25) is 10.1 Å². The fraction of sp³-hybridized carbons (Fsp3) is 0.364. The molecule has 3 aromatic rings. The third-order valence-electron chi connectivity index (χ3n) is 5.56. The monoisotopic (exact) mass is 477 g/mol. The Morgan fingerprint density at radius 3 is 2.42 bits per heavy atom. The molecule has 2 aromatic carbocycles. The molecule has 164 valence electrons. The van der Waals surface area contributed by atoms with Crippen LogP contribution in [0.4, 0.5) is 5.13 Å². The molecule has 9 heteroatoms. The molecule has 0 spiro atoms. The minimum atomic E-state index is -3.58. The predicted octanol–water partition coefficient (Wildman–Crippen LogP) is 5.18. The largest absolute Gasteiger partial charge is 0.298 e. The summed E-state index contributed by atoms with van der Waals surface area (Å²) in [4.78, 5) is 17.3. The van der Waals surface area contributed by atoms with Crippen LogP contribution in [-0.4, -0.2) is 36.7 Å². The maximum Gasteiger partial charge on any atom is 0.257 e. The summed E-state index contributed by atoms with van der Waals surface area (Å²) in [7, 11) is -3.58. The van der Waals surface area contributed by atoms with Crippen LogP contribution in [0.15, 0.2) is 41.3 Å². The van der Waals surface area contributed by atoms with Crippen LogP contribution in [0, 0.1) is 18.8 Å². The number of nitrogens with zero attached hydrogens (tertiary/aromatic N) is 2. The van der Waals surface area contributed by atoms with Gasteiger partial charge < -0.3 is 0 Å². The first-order valence-corrected chi connectivity index (χ1v) is 12.8. The van der Waals surface area contributed by atoms with E-state index < -0.39 is 10.0 Å². The number of carbonyl (C=O) groups is 1. The van der Waals surface area contributed by atoms with Gasteiger partial charge in [0.25, 0.3) is 5.91 Å². The number of anilines is 1. The van der Waals surface area contributed by atoms with Gasteiger partial charge in [0.1, 0.15) is 0 Å². The van der Waals surface area contributed by atoms with Crippen molar-refractivity contribution in [2.45, 2.75) is 32.1 Å². The Kier molecular flexibility index (Phi) is 6.09. The van der Waals surface area contributed by atoms with Crippen LogP contribution < -0.4 is 5.32 Å². The van der Waals surface area contributed by atoms with Gasteiger partial charge in [0.15, 0.2) is 5.13 Å². The van der Waals surface area contributed by atoms with Crippen molar-refractivity contribution in [1.29, 1.82) is 0 Å². The minimum absolute atomic E-state index is 0.204. The molecule has 2 heterocycles. The van der Waals surface area contributed by atoms with Crippen molar-refractivity contribution in [3.8, 4) is 0 Å². The third kappa shape index (κ3) is 4.48. The molecule has 2 unspecified atom stereocenters. The smallest absolute Gasteiger partial charge is 0.257 e. The van der Waals surface area contributed by atoms with Crippen molar-refractivity contribution in [3.05, 3.63) is 52.5 Å². The van der Waals surface area contributed by atoms with Gasteiger partial charge in [-0.05, 0) is 67.1 Å². The Bertz CT molecular complexity index is 1230. The summed E-state index contributed by atoms with van der Waals surface area (Å²) in [5, 5.41) is 3.89. The molecule has 0 radical (unpaired) electrons. The lowest BCUT2D eigenvalue weighted by Gasteiger charge is -2.34. The quantitative estimate of drug-likeness (QED) is 0.561. The number of piperidine rings is 1. The van der Waals surface area contributed by atoms with Crippen molar-refractivity contribution in [2.75, 3.05) is 18.4 Å². The van der Waals surface area contributed by atoms with Crippen molar-refractivity contribution < 1.29 is 13.2 Å². The summed E-state index contributed by atoms with van der Waals surface area (Å²) in [5.74, 6) is 0.318. The molecule has 1 aliphatic heterocycles. The summed E-state index contributed by atoms with van der Waals surface area (Å²) in [6, 6.07) is 9.75. The zero-order valence-electron chi connectivity index (χ0n) is 17.6. The zero-order chi connectivity index (χ0) is 22.3. The van der Waals surface area contributed by atoms with Gasteiger partial charge in [-0.2, -0.15) is 4.31 Å². The lowest BCUT2D eigenvalue weighted by atomic mass is 9.94. The number of sulfonamides is 1. The summed E-state index contributed by atoms with van der Waals surface area (Å²) >= 11 is 7.51. The average Bonchev–Trinajstić information content (AvgIpc) is 3.13. The van der Waals surface area contributed by atoms with Crippen LogP contribution in [0.3, 0.4) is 0 Å². The number of aromatic nitrogens is 1. The second-order valence-electron chi connectivity index (χ2n) is 8.28. The number of carbonyl (C=O) groups excluding carboxylic acids is 1. The number of thiazole rings is 1. The number of halogens is 1. The second-order valence-corrected chi connectivity index (χ2v) is 11.7. The Labute approximate surface area is 191 Å². The van der Waals surface area contributed by atoms with Gasteiger partial charge in [0.05, 0.1) is 15.1 Å². The number of amides is 1. The Morgan fingerprint density at radius 1 is 1.13 bits per heavy atom. The molecular formula is C22H24ClN3O3S2. The molecule has 4 rings (SSSR count). The molecule has 0 aliphatic carbocycles. The standard InChI is InChI=1S/C22H24ClN3O3S2/c1-13-10-14(2)12-26(11-13)31(28,29)17-6-4-16(5-7-17)21(27)25-22-24-20-15(3)18(23)8-9-19(20)30-22/h4-9,13-14H,10-12H2,1-3H3,(H,24,25,27). The van der Waals surface area contributed by atoms with Crippen LogP contribution in [-0.2, 0) is 10.0 Å². The molecule has 1 saturated heterocycles. The van der Waals surface area contributed by atoms with Crippen molar-refractivity contribution in [3.63, 3.8) is 0 Å². The third-order valence-corrected chi connectivity index (χ3v) is 8.75. The average molecular weight is 478 g/mol. The van der Waals surface area contributed by atoms with E-state index in [1.165, 1.54) is 35.6 Å². The first-order chi connectivity index (χ1) is 14.6. The van der Waals surface area contributed by atoms with Gasteiger partial charge in [0, 0.05) is 23.7 Å². The number of nitrogens with one attached hydrogen (secondary N) is 1. The van der Waals surface area contributed by atoms with E-state index in [2.05, 4.69) is 24.1 Å². The highest BCUT2D eigenvalue weighted by Gasteiger charge is 2.31. The maximum absolute atomic E-state index is 13.0. The highest BCUT2D eigenvalue weighted by molar-refractivity contribution is 7.89. The molecule has 1 N–H and O–H groups in total. The second kappa shape index (κ2) is 8.50. The molecule has 6 nitrogen and oxygen atoms in total. The fourth-order valence-electron chi connectivity index (χ4n) is 4.05. The van der Waals surface area contributed by atoms with Crippen LogP contribution in [0.25, 0.3) is 10.2 Å². The van der Waals surface area contributed by atoms with Gasteiger partial charge in [-0.15, -0.1) is 0 Å². The summed E-state index contributed by atoms with van der Waals surface area (Å²) < 4.78 is 28.5.